The molecule has 0 bridgehead atoms. The standard InChI is InChI=1S/C23H25O2P/c1-26(20-12-5-2-6-13-20,21-14-7-3-8-15-21,22-16-9-4-10-17-22)23-24-18-11-19-25-23/h2-10,12-17,23H,11,18-19H2,1H3. The molecule has 0 N–H and O–H groups in total. The zero-order chi connectivity index (χ0) is 17.9. The van der Waals surface area contributed by atoms with Crippen LogP contribution in [-0.2, 0) is 9.47 Å². The van der Waals surface area contributed by atoms with Crippen LogP contribution in [0.3, 0.4) is 0 Å². The van der Waals surface area contributed by atoms with Crippen LogP contribution in [-0.4, -0.2) is 25.9 Å². The third kappa shape index (κ3) is 2.53. The molecule has 1 aliphatic rings. The predicted molar refractivity (Wildman–Crippen MR) is 111 cm³/mol. The Morgan fingerprint density at radius 3 is 1.31 bits per heavy atom. The second-order valence-corrected chi connectivity index (χ2v) is 12.3. The Morgan fingerprint density at radius 2 is 0.962 bits per heavy atom. The number of benzene rings is 3. The zero-order valence-corrected chi connectivity index (χ0v) is 16.0. The van der Waals surface area contributed by atoms with Crippen molar-refractivity contribution >= 4 is 22.5 Å². The Balaban J connectivity index is 2.10. The van der Waals surface area contributed by atoms with Gasteiger partial charge in [-0.1, -0.05) is 0 Å². The molecule has 3 heteroatoms. The first kappa shape index (κ1) is 17.4. The molecule has 26 heavy (non-hydrogen) atoms. The second kappa shape index (κ2) is 6.96. The molecule has 1 fully saturated rings. The van der Waals surface area contributed by atoms with Crippen LogP contribution in [0.15, 0.2) is 91.0 Å². The average Bonchev–Trinajstić information content (AvgIpc) is 2.76. The van der Waals surface area contributed by atoms with Crippen LogP contribution in [0.2, 0.25) is 0 Å². The van der Waals surface area contributed by atoms with Gasteiger partial charge in [-0.2, -0.15) is 0 Å². The van der Waals surface area contributed by atoms with Gasteiger partial charge in [0.2, 0.25) is 0 Å². The van der Waals surface area contributed by atoms with Gasteiger partial charge in [0.05, 0.1) is 0 Å². The molecule has 1 saturated heterocycles. The topological polar surface area (TPSA) is 18.5 Å². The first-order valence-electron chi connectivity index (χ1n) is 9.16. The summed E-state index contributed by atoms with van der Waals surface area (Å²) >= 11 is 0. The summed E-state index contributed by atoms with van der Waals surface area (Å²) in [6.07, 6.45) is 0.946. The fourth-order valence-corrected chi connectivity index (χ4v) is 9.50. The predicted octanol–water partition coefficient (Wildman–Crippen LogP) is 3.87. The molecule has 0 aliphatic carbocycles. The molecule has 2 nitrogen and oxygen atoms in total. The molecule has 0 amide bonds. The molecule has 4 rings (SSSR count). The summed E-state index contributed by atoms with van der Waals surface area (Å²) < 4.78 is 12.7. The first-order chi connectivity index (χ1) is 12.7. The van der Waals surface area contributed by atoms with Crippen LogP contribution in [0, 0.1) is 0 Å². The van der Waals surface area contributed by atoms with Crippen molar-refractivity contribution < 1.29 is 9.47 Å². The summed E-state index contributed by atoms with van der Waals surface area (Å²) in [5.41, 5.74) is 0. The molecule has 0 atom stereocenters. The Hall–Kier alpha value is -1.99. The van der Waals surface area contributed by atoms with E-state index in [4.69, 9.17) is 9.47 Å². The van der Waals surface area contributed by atoms with E-state index in [1.165, 1.54) is 15.9 Å². The van der Waals surface area contributed by atoms with Crippen molar-refractivity contribution in [3.8, 4) is 0 Å². The van der Waals surface area contributed by atoms with E-state index in [1.54, 1.807) is 0 Å². The fourth-order valence-electron chi connectivity index (χ4n) is 4.10. The third-order valence-electron chi connectivity index (χ3n) is 5.60. The number of hydrogen-bond acceptors (Lipinski definition) is 2. The molecule has 0 aromatic heterocycles. The Bertz CT molecular complexity index is 744. The van der Waals surface area contributed by atoms with E-state index < -0.39 is 6.60 Å². The molecule has 0 unspecified atom stereocenters. The van der Waals surface area contributed by atoms with Crippen molar-refractivity contribution in [1.82, 2.24) is 0 Å². The average molecular weight is 364 g/mol. The monoisotopic (exact) mass is 364 g/mol. The first-order valence-corrected chi connectivity index (χ1v) is 11.9. The van der Waals surface area contributed by atoms with Crippen molar-refractivity contribution in [2.45, 2.75) is 12.5 Å². The van der Waals surface area contributed by atoms with E-state index in [1.807, 2.05) is 0 Å². The van der Waals surface area contributed by atoms with Crippen molar-refractivity contribution in [2.24, 2.45) is 0 Å². The molecule has 134 valence electrons. The summed E-state index contributed by atoms with van der Waals surface area (Å²) in [7, 11) is 0. The maximum absolute atomic E-state index is 6.35. The van der Waals surface area contributed by atoms with E-state index in [-0.39, 0.29) is 6.03 Å². The van der Waals surface area contributed by atoms with Crippen LogP contribution in [0.4, 0.5) is 0 Å². The van der Waals surface area contributed by atoms with Gasteiger partial charge >= 0.3 is 155 Å². The molecule has 0 radical (unpaired) electrons. The van der Waals surface area contributed by atoms with E-state index in [9.17, 15) is 0 Å². The van der Waals surface area contributed by atoms with E-state index in [2.05, 4.69) is 97.7 Å². The van der Waals surface area contributed by atoms with E-state index >= 15 is 0 Å². The minimum atomic E-state index is -2.98. The van der Waals surface area contributed by atoms with Gasteiger partial charge in [-0.3, -0.25) is 0 Å². The van der Waals surface area contributed by atoms with Gasteiger partial charge in [0.25, 0.3) is 0 Å². The quantitative estimate of drug-likeness (QED) is 0.655. The van der Waals surface area contributed by atoms with Crippen LogP contribution in [0.1, 0.15) is 6.42 Å². The van der Waals surface area contributed by atoms with Crippen molar-refractivity contribution in [2.75, 3.05) is 19.9 Å². The van der Waals surface area contributed by atoms with Gasteiger partial charge in [0.15, 0.2) is 0 Å². The molecule has 3 aromatic rings. The summed E-state index contributed by atoms with van der Waals surface area (Å²) in [4.78, 5) is 0. The van der Waals surface area contributed by atoms with Gasteiger partial charge in [-0.05, 0) is 0 Å². The van der Waals surface area contributed by atoms with Gasteiger partial charge in [-0.15, -0.1) is 0 Å². The summed E-state index contributed by atoms with van der Waals surface area (Å²) in [5, 5.41) is 3.88. The van der Waals surface area contributed by atoms with Crippen molar-refractivity contribution in [3.63, 3.8) is 0 Å². The SMILES string of the molecule is CP(c1ccccc1)(c1ccccc1)(c1ccccc1)C1OCCCO1. The number of hydrogen-bond donors (Lipinski definition) is 0. The second-order valence-electron chi connectivity index (χ2n) is 7.06. The van der Waals surface area contributed by atoms with Gasteiger partial charge in [0.1, 0.15) is 0 Å². The summed E-state index contributed by atoms with van der Waals surface area (Å²) in [6, 6.07) is 32.1. The van der Waals surface area contributed by atoms with Crippen LogP contribution >= 0.6 is 6.60 Å². The van der Waals surface area contributed by atoms with Gasteiger partial charge < -0.3 is 0 Å². The number of ether oxygens (including phenoxy) is 2. The van der Waals surface area contributed by atoms with Crippen molar-refractivity contribution in [1.29, 1.82) is 0 Å². The Kier molecular flexibility index (Phi) is 4.67. The van der Waals surface area contributed by atoms with Gasteiger partial charge in [0, 0.05) is 0 Å². The molecular formula is C23H25O2P. The van der Waals surface area contributed by atoms with E-state index in [0.717, 1.165) is 19.6 Å². The Morgan fingerprint density at radius 1 is 0.615 bits per heavy atom. The number of rotatable bonds is 4. The third-order valence-corrected chi connectivity index (χ3v) is 11.8. The summed E-state index contributed by atoms with van der Waals surface area (Å²) in [6.45, 7) is 0.885. The molecule has 0 saturated carbocycles. The normalized spacial score (nSPS) is 17.3. The molecule has 1 aliphatic heterocycles. The zero-order valence-electron chi connectivity index (χ0n) is 15.1. The molecule has 3 aromatic carbocycles. The molecule has 1 heterocycles. The molecular weight excluding hydrogens is 339 g/mol. The fraction of sp³-hybridized carbons (Fsp3) is 0.217. The minimum absolute atomic E-state index is 0.276. The van der Waals surface area contributed by atoms with Crippen LogP contribution in [0.5, 0.6) is 0 Å². The van der Waals surface area contributed by atoms with Crippen molar-refractivity contribution in [3.05, 3.63) is 91.0 Å². The van der Waals surface area contributed by atoms with Crippen LogP contribution < -0.4 is 15.9 Å². The summed E-state index contributed by atoms with van der Waals surface area (Å²) in [5.74, 6) is 0. The Labute approximate surface area is 155 Å². The van der Waals surface area contributed by atoms with Gasteiger partial charge in [-0.25, -0.2) is 0 Å². The van der Waals surface area contributed by atoms with E-state index in [0.29, 0.717) is 0 Å². The molecule has 0 spiro atoms. The maximum atomic E-state index is 6.35. The van der Waals surface area contributed by atoms with Crippen LogP contribution in [0.25, 0.3) is 0 Å².